The summed E-state index contributed by atoms with van der Waals surface area (Å²) in [5, 5.41) is 5.09. The van der Waals surface area contributed by atoms with Crippen molar-refractivity contribution in [1.82, 2.24) is 0 Å². The third-order valence-corrected chi connectivity index (χ3v) is 7.15. The number of carbonyl (C=O) groups is 4. The summed E-state index contributed by atoms with van der Waals surface area (Å²) in [5.74, 6) is -2.23. The van der Waals surface area contributed by atoms with Gasteiger partial charge in [-0.3, -0.25) is 0 Å². The van der Waals surface area contributed by atoms with Crippen LogP contribution in [0.25, 0.3) is 43.1 Å². The molecule has 0 fully saturated rings. The number of ether oxygens (including phenoxy) is 4. The largest absolute Gasteiger partial charge is 0.459 e. The van der Waals surface area contributed by atoms with Gasteiger partial charge in [0.1, 0.15) is 0 Å². The average molecular weight is 597 g/mol. The van der Waals surface area contributed by atoms with Crippen molar-refractivity contribution >= 4 is 67.0 Å². The van der Waals surface area contributed by atoms with Gasteiger partial charge in [0, 0.05) is 10.8 Å². The molecule has 8 nitrogen and oxygen atoms in total. The van der Waals surface area contributed by atoms with Gasteiger partial charge in [0.25, 0.3) is 0 Å². The Morgan fingerprint density at radius 2 is 0.568 bits per heavy atom. The Hall–Kier alpha value is -4.72. The molecule has 8 heteroatoms. The third-order valence-electron chi connectivity index (χ3n) is 7.15. The summed E-state index contributed by atoms with van der Waals surface area (Å²) < 4.78 is 22.3. The highest BCUT2D eigenvalue weighted by Gasteiger charge is 2.28. The van der Waals surface area contributed by atoms with Crippen LogP contribution in [0.4, 0.5) is 0 Å². The summed E-state index contributed by atoms with van der Waals surface area (Å²) in [7, 11) is 0. The second-order valence-corrected chi connectivity index (χ2v) is 12.0. The molecule has 0 amide bonds. The molecule has 5 aromatic rings. The van der Waals surface area contributed by atoms with Crippen LogP contribution in [0.3, 0.4) is 0 Å². The maximum absolute atomic E-state index is 13.4. The summed E-state index contributed by atoms with van der Waals surface area (Å²) in [6, 6.07) is 13.8. The zero-order valence-electron chi connectivity index (χ0n) is 26.2. The lowest BCUT2D eigenvalue weighted by atomic mass is 9.84. The summed E-state index contributed by atoms with van der Waals surface area (Å²) in [5.41, 5.74) is 0.959. The highest BCUT2D eigenvalue weighted by atomic mass is 16.6. The maximum Gasteiger partial charge on any atom is 0.339 e. The van der Waals surface area contributed by atoms with Gasteiger partial charge in [0.2, 0.25) is 0 Å². The number of fused-ring (bicyclic) bond motifs is 2. The lowest BCUT2D eigenvalue weighted by Gasteiger charge is -2.21. The van der Waals surface area contributed by atoms with E-state index in [0.717, 1.165) is 21.5 Å². The molecule has 0 atom stereocenters. The molecule has 0 radical (unpaired) electrons. The van der Waals surface area contributed by atoms with Gasteiger partial charge in [-0.25, -0.2) is 19.2 Å². The van der Waals surface area contributed by atoms with Gasteiger partial charge in [-0.1, -0.05) is 24.3 Å². The molecule has 0 saturated carbocycles. The molecule has 0 aliphatic rings. The smallest absolute Gasteiger partial charge is 0.339 e. The molecule has 0 N–H and O–H groups in total. The van der Waals surface area contributed by atoms with Gasteiger partial charge in [-0.15, -0.1) is 0 Å². The van der Waals surface area contributed by atoms with Crippen LogP contribution < -0.4 is 0 Å². The minimum absolute atomic E-state index is 0.240. The van der Waals surface area contributed by atoms with Gasteiger partial charge in [-0.05, 0) is 112 Å². The van der Waals surface area contributed by atoms with Crippen LogP contribution in [0.1, 0.15) is 96.8 Å². The molecule has 0 spiro atoms. The second kappa shape index (κ2) is 11.8. The van der Waals surface area contributed by atoms with Crippen molar-refractivity contribution in [3.05, 3.63) is 70.8 Å². The van der Waals surface area contributed by atoms with Crippen LogP contribution in [-0.4, -0.2) is 48.3 Å². The van der Waals surface area contributed by atoms with Gasteiger partial charge >= 0.3 is 23.9 Å². The predicted molar refractivity (Wildman–Crippen MR) is 170 cm³/mol. The van der Waals surface area contributed by atoms with E-state index in [0.29, 0.717) is 21.5 Å². The number of rotatable bonds is 8. The zero-order valence-corrected chi connectivity index (χ0v) is 26.2. The first-order valence-corrected chi connectivity index (χ1v) is 14.8. The minimum Gasteiger partial charge on any atom is -0.459 e. The average Bonchev–Trinajstić information content (AvgIpc) is 2.93. The Bertz CT molecular complexity index is 1670. The first-order chi connectivity index (χ1) is 20.8. The molecule has 0 aliphatic heterocycles. The lowest BCUT2D eigenvalue weighted by Crippen LogP contribution is -2.16. The number of benzene rings is 5. The maximum atomic E-state index is 13.4. The van der Waals surface area contributed by atoms with Crippen molar-refractivity contribution in [2.75, 3.05) is 0 Å². The van der Waals surface area contributed by atoms with E-state index in [4.69, 9.17) is 18.9 Å². The van der Waals surface area contributed by atoms with E-state index in [1.165, 1.54) is 0 Å². The Morgan fingerprint density at radius 1 is 0.364 bits per heavy atom. The van der Waals surface area contributed by atoms with Gasteiger partial charge in [0.15, 0.2) is 0 Å². The minimum atomic E-state index is -0.559. The van der Waals surface area contributed by atoms with Crippen LogP contribution >= 0.6 is 0 Å². The molecule has 0 aromatic heterocycles. The van der Waals surface area contributed by atoms with E-state index in [9.17, 15) is 19.2 Å². The normalized spacial score (nSPS) is 11.9. The van der Waals surface area contributed by atoms with E-state index in [-0.39, 0.29) is 46.7 Å². The van der Waals surface area contributed by atoms with Crippen LogP contribution in [-0.2, 0) is 18.9 Å². The highest BCUT2D eigenvalue weighted by molar-refractivity contribution is 6.38. The monoisotopic (exact) mass is 596 g/mol. The number of esters is 4. The first-order valence-electron chi connectivity index (χ1n) is 14.8. The number of hydrogen-bond acceptors (Lipinski definition) is 8. The molecule has 0 aliphatic carbocycles. The summed E-state index contributed by atoms with van der Waals surface area (Å²) in [4.78, 5) is 53.5. The summed E-state index contributed by atoms with van der Waals surface area (Å²) >= 11 is 0. The van der Waals surface area contributed by atoms with E-state index >= 15 is 0 Å². The molecule has 0 bridgehead atoms. The number of carbonyl (C=O) groups excluding carboxylic acids is 4. The van der Waals surface area contributed by atoms with Crippen molar-refractivity contribution in [2.45, 2.75) is 79.8 Å². The molecule has 0 saturated heterocycles. The standard InChI is InChI=1S/C36H36O8/c1-17(2)41-33(37)25-13-9-21-23-11-15-27(35(39)43-19(5)6)32-28(36(40)44-20(7)8)16-12-24(30(23)32)22-10-14-26(31(25)29(21)22)34(38)42-18(3)4/h9-20H,1-8H3. The molecule has 5 rings (SSSR count). The van der Waals surface area contributed by atoms with Crippen molar-refractivity contribution < 1.29 is 38.1 Å². The predicted octanol–water partition coefficient (Wildman–Crippen LogP) is 8.00. The molecule has 0 heterocycles. The summed E-state index contributed by atoms with van der Waals surface area (Å²) in [6.07, 6.45) is -1.49. The highest BCUT2D eigenvalue weighted by Crippen LogP contribution is 2.44. The van der Waals surface area contributed by atoms with Crippen LogP contribution in [0.15, 0.2) is 48.5 Å². The summed E-state index contributed by atoms with van der Waals surface area (Å²) in [6.45, 7) is 14.1. The van der Waals surface area contributed by atoms with Crippen LogP contribution in [0.5, 0.6) is 0 Å². The van der Waals surface area contributed by atoms with Crippen molar-refractivity contribution in [3.8, 4) is 0 Å². The van der Waals surface area contributed by atoms with E-state index in [1.807, 2.05) is 24.3 Å². The third kappa shape index (κ3) is 5.41. The van der Waals surface area contributed by atoms with E-state index < -0.39 is 23.9 Å². The fourth-order valence-electron chi connectivity index (χ4n) is 5.68. The molecular formula is C36H36O8. The fourth-order valence-corrected chi connectivity index (χ4v) is 5.68. The van der Waals surface area contributed by atoms with Gasteiger partial charge in [-0.2, -0.15) is 0 Å². The molecule has 44 heavy (non-hydrogen) atoms. The topological polar surface area (TPSA) is 105 Å². The lowest BCUT2D eigenvalue weighted by molar-refractivity contribution is 0.0361. The van der Waals surface area contributed by atoms with Gasteiger partial charge in [0.05, 0.1) is 46.7 Å². The van der Waals surface area contributed by atoms with E-state index in [1.54, 1.807) is 79.7 Å². The van der Waals surface area contributed by atoms with Crippen LogP contribution in [0.2, 0.25) is 0 Å². The Morgan fingerprint density at radius 3 is 0.750 bits per heavy atom. The zero-order chi connectivity index (χ0) is 32.0. The second-order valence-electron chi connectivity index (χ2n) is 12.0. The van der Waals surface area contributed by atoms with Crippen LogP contribution in [0, 0.1) is 0 Å². The molecular weight excluding hydrogens is 560 g/mol. The Balaban J connectivity index is 1.96. The van der Waals surface area contributed by atoms with Crippen molar-refractivity contribution in [3.63, 3.8) is 0 Å². The van der Waals surface area contributed by atoms with Gasteiger partial charge < -0.3 is 18.9 Å². The molecule has 5 aromatic carbocycles. The number of hydrogen-bond donors (Lipinski definition) is 0. The van der Waals surface area contributed by atoms with E-state index in [2.05, 4.69) is 0 Å². The Kier molecular flexibility index (Phi) is 8.21. The fraction of sp³-hybridized carbons (Fsp3) is 0.333. The molecule has 228 valence electrons. The SMILES string of the molecule is CC(C)OC(=O)c1ccc2c3ccc(C(=O)OC(C)C)c4c(C(=O)OC(C)C)ccc(c5ccc(C(=O)OC(C)C)c1c25)c43. The first kappa shape index (κ1) is 30.7. The quantitative estimate of drug-likeness (QED) is 0.0768. The van der Waals surface area contributed by atoms with Crippen molar-refractivity contribution in [1.29, 1.82) is 0 Å². The molecule has 0 unspecified atom stereocenters. The Labute approximate surface area is 255 Å². The van der Waals surface area contributed by atoms with Crippen molar-refractivity contribution in [2.24, 2.45) is 0 Å².